The Labute approximate surface area is 105 Å². The third-order valence-electron chi connectivity index (χ3n) is 2.90. The fraction of sp³-hybridized carbons (Fsp3) is 0.583. The minimum absolute atomic E-state index is 0.165. The van der Waals surface area contributed by atoms with E-state index >= 15 is 0 Å². The molecule has 1 heterocycles. The molecular formula is C12H18N2O2S. The van der Waals surface area contributed by atoms with E-state index in [0.29, 0.717) is 25.4 Å². The molecule has 0 bridgehead atoms. The Hall–Kier alpha value is -1.07. The van der Waals surface area contributed by atoms with Crippen molar-refractivity contribution in [1.29, 1.82) is 0 Å². The summed E-state index contributed by atoms with van der Waals surface area (Å²) >= 11 is 1.62. The number of rotatable bonds is 6. The molecule has 0 radical (unpaired) electrons. The monoisotopic (exact) mass is 254 g/mol. The van der Waals surface area contributed by atoms with Crippen LogP contribution in [0.15, 0.2) is 17.5 Å². The summed E-state index contributed by atoms with van der Waals surface area (Å²) in [6, 6.07) is 3.79. The van der Waals surface area contributed by atoms with Crippen molar-refractivity contribution in [2.24, 2.45) is 5.92 Å². The maximum atomic E-state index is 11.4. The Bertz CT molecular complexity index is 349. The fourth-order valence-corrected chi connectivity index (χ4v) is 2.34. The van der Waals surface area contributed by atoms with Crippen LogP contribution in [-0.4, -0.2) is 23.8 Å². The minimum atomic E-state index is -0.243. The van der Waals surface area contributed by atoms with E-state index in [2.05, 4.69) is 10.6 Å². The molecule has 4 nitrogen and oxygen atoms in total. The van der Waals surface area contributed by atoms with Crippen molar-refractivity contribution < 1.29 is 9.90 Å². The van der Waals surface area contributed by atoms with Gasteiger partial charge < -0.3 is 15.7 Å². The van der Waals surface area contributed by atoms with Gasteiger partial charge in [-0.05, 0) is 36.6 Å². The molecule has 17 heavy (non-hydrogen) atoms. The lowest BCUT2D eigenvalue weighted by Crippen LogP contribution is -2.36. The zero-order valence-corrected chi connectivity index (χ0v) is 10.5. The highest BCUT2D eigenvalue weighted by molar-refractivity contribution is 7.09. The lowest BCUT2D eigenvalue weighted by atomic mass is 10.2. The number of aliphatic hydroxyl groups is 1. The van der Waals surface area contributed by atoms with Gasteiger partial charge in [-0.3, -0.25) is 0 Å². The molecule has 0 saturated heterocycles. The molecule has 1 fully saturated rings. The second-order valence-corrected chi connectivity index (χ2v) is 5.41. The summed E-state index contributed by atoms with van der Waals surface area (Å²) < 4.78 is 0. The first kappa shape index (κ1) is 12.4. The molecule has 0 aliphatic heterocycles. The van der Waals surface area contributed by atoms with Gasteiger partial charge in [0.05, 0.1) is 12.6 Å². The van der Waals surface area contributed by atoms with Crippen molar-refractivity contribution >= 4 is 17.4 Å². The number of hydrogen-bond acceptors (Lipinski definition) is 3. The molecular weight excluding hydrogens is 236 g/mol. The molecule has 0 spiro atoms. The van der Waals surface area contributed by atoms with Gasteiger partial charge in [0, 0.05) is 11.4 Å². The van der Waals surface area contributed by atoms with Crippen molar-refractivity contribution in [2.75, 3.05) is 6.54 Å². The van der Waals surface area contributed by atoms with Gasteiger partial charge in [-0.1, -0.05) is 6.07 Å². The molecule has 3 N–H and O–H groups in total. The van der Waals surface area contributed by atoms with Gasteiger partial charge in [0.25, 0.3) is 0 Å². The Morgan fingerprint density at radius 2 is 2.35 bits per heavy atom. The minimum Gasteiger partial charge on any atom is -0.393 e. The zero-order valence-electron chi connectivity index (χ0n) is 9.69. The van der Waals surface area contributed by atoms with Gasteiger partial charge in [-0.25, -0.2) is 4.79 Å². The second-order valence-electron chi connectivity index (χ2n) is 4.38. The van der Waals surface area contributed by atoms with Crippen LogP contribution >= 0.6 is 11.3 Å². The van der Waals surface area contributed by atoms with Gasteiger partial charge in [0.2, 0.25) is 0 Å². The van der Waals surface area contributed by atoms with Crippen LogP contribution in [0.4, 0.5) is 4.79 Å². The molecule has 0 unspecified atom stereocenters. The number of carbonyl (C=O) groups excluding carboxylic acids is 1. The SMILES string of the molecule is O=C(NCC[C@@H](O)C1CC1)NCc1cccs1. The average molecular weight is 254 g/mol. The molecule has 0 aromatic carbocycles. The summed E-state index contributed by atoms with van der Waals surface area (Å²) in [5.74, 6) is 0.478. The van der Waals surface area contributed by atoms with E-state index < -0.39 is 0 Å². The number of amides is 2. The zero-order chi connectivity index (χ0) is 12.1. The van der Waals surface area contributed by atoms with Gasteiger partial charge in [0.15, 0.2) is 0 Å². The molecule has 94 valence electrons. The van der Waals surface area contributed by atoms with Crippen molar-refractivity contribution in [1.82, 2.24) is 10.6 Å². The molecule has 5 heteroatoms. The Kier molecular flexibility index (Phi) is 4.39. The second kappa shape index (κ2) is 6.02. The highest BCUT2D eigenvalue weighted by atomic mass is 32.1. The highest BCUT2D eigenvalue weighted by Crippen LogP contribution is 2.33. The van der Waals surface area contributed by atoms with E-state index in [1.807, 2.05) is 17.5 Å². The number of carbonyl (C=O) groups is 1. The van der Waals surface area contributed by atoms with Gasteiger partial charge in [0.1, 0.15) is 0 Å². The lowest BCUT2D eigenvalue weighted by Gasteiger charge is -2.10. The van der Waals surface area contributed by atoms with Crippen molar-refractivity contribution in [3.8, 4) is 0 Å². The van der Waals surface area contributed by atoms with Gasteiger partial charge >= 0.3 is 6.03 Å². The standard InChI is InChI=1S/C12H18N2O2S/c15-11(9-3-4-9)5-6-13-12(16)14-8-10-2-1-7-17-10/h1-2,7,9,11,15H,3-6,8H2,(H2,13,14,16)/t11-/m1/s1. The fourth-order valence-electron chi connectivity index (χ4n) is 1.69. The van der Waals surface area contributed by atoms with Crippen molar-refractivity contribution in [2.45, 2.75) is 31.9 Å². The van der Waals surface area contributed by atoms with Gasteiger partial charge in [-0.15, -0.1) is 11.3 Å². The van der Waals surface area contributed by atoms with Crippen LogP contribution in [0.2, 0.25) is 0 Å². The first-order valence-electron chi connectivity index (χ1n) is 5.98. The lowest BCUT2D eigenvalue weighted by molar-refractivity contribution is 0.141. The van der Waals surface area contributed by atoms with Crippen LogP contribution in [-0.2, 0) is 6.54 Å². The Morgan fingerprint density at radius 1 is 1.53 bits per heavy atom. The Morgan fingerprint density at radius 3 is 3.00 bits per heavy atom. The molecule has 2 rings (SSSR count). The summed E-state index contributed by atoms with van der Waals surface area (Å²) in [7, 11) is 0. The summed E-state index contributed by atoms with van der Waals surface area (Å²) in [5.41, 5.74) is 0. The molecule has 1 aromatic rings. The smallest absolute Gasteiger partial charge is 0.315 e. The predicted octanol–water partition coefficient (Wildman–Crippen LogP) is 1.71. The summed E-state index contributed by atoms with van der Waals surface area (Å²) in [6.07, 6.45) is 2.67. The van der Waals surface area contributed by atoms with E-state index in [1.165, 1.54) is 0 Å². The third-order valence-corrected chi connectivity index (χ3v) is 3.77. The first-order valence-corrected chi connectivity index (χ1v) is 6.86. The maximum absolute atomic E-state index is 11.4. The largest absolute Gasteiger partial charge is 0.393 e. The number of nitrogens with one attached hydrogen (secondary N) is 2. The molecule has 1 aliphatic rings. The maximum Gasteiger partial charge on any atom is 0.315 e. The van der Waals surface area contributed by atoms with Crippen molar-refractivity contribution in [3.63, 3.8) is 0 Å². The molecule has 1 aliphatic carbocycles. The van der Waals surface area contributed by atoms with Crippen LogP contribution in [0, 0.1) is 5.92 Å². The van der Waals surface area contributed by atoms with Crippen LogP contribution in [0.3, 0.4) is 0 Å². The molecule has 1 saturated carbocycles. The number of urea groups is 1. The average Bonchev–Trinajstić information content (AvgIpc) is 3.04. The normalized spacial score (nSPS) is 16.5. The molecule has 1 atom stereocenters. The van der Waals surface area contributed by atoms with E-state index in [9.17, 15) is 9.90 Å². The van der Waals surface area contributed by atoms with Crippen LogP contribution in [0.5, 0.6) is 0 Å². The topological polar surface area (TPSA) is 61.4 Å². The first-order chi connectivity index (χ1) is 8.25. The molecule has 1 aromatic heterocycles. The number of thiophene rings is 1. The summed E-state index contributed by atoms with van der Waals surface area (Å²) in [4.78, 5) is 12.5. The predicted molar refractivity (Wildman–Crippen MR) is 67.9 cm³/mol. The highest BCUT2D eigenvalue weighted by Gasteiger charge is 2.29. The summed E-state index contributed by atoms with van der Waals surface area (Å²) in [5, 5.41) is 17.1. The molecule has 2 amide bonds. The van der Waals surface area contributed by atoms with E-state index in [-0.39, 0.29) is 12.1 Å². The quantitative estimate of drug-likeness (QED) is 0.723. The number of aliphatic hydroxyl groups excluding tert-OH is 1. The van der Waals surface area contributed by atoms with E-state index in [0.717, 1.165) is 17.7 Å². The number of hydrogen-bond donors (Lipinski definition) is 3. The van der Waals surface area contributed by atoms with E-state index in [1.54, 1.807) is 11.3 Å². The third kappa shape index (κ3) is 4.36. The van der Waals surface area contributed by atoms with Crippen LogP contribution in [0.25, 0.3) is 0 Å². The van der Waals surface area contributed by atoms with Gasteiger partial charge in [-0.2, -0.15) is 0 Å². The van der Waals surface area contributed by atoms with E-state index in [4.69, 9.17) is 0 Å². The van der Waals surface area contributed by atoms with Crippen LogP contribution in [0.1, 0.15) is 24.1 Å². The van der Waals surface area contributed by atoms with Crippen molar-refractivity contribution in [3.05, 3.63) is 22.4 Å². The van der Waals surface area contributed by atoms with Crippen LogP contribution < -0.4 is 10.6 Å². The summed E-state index contributed by atoms with van der Waals surface area (Å²) in [6.45, 7) is 1.10. The Balaban J connectivity index is 1.54.